The highest BCUT2D eigenvalue weighted by atomic mass is 16.3. The zero-order chi connectivity index (χ0) is 18.4. The number of amides is 2. The monoisotopic (exact) mass is 362 g/mol. The Kier molecular flexibility index (Phi) is 3.79. The van der Waals surface area contributed by atoms with Crippen LogP contribution in [0.5, 0.6) is 0 Å². The maximum Gasteiger partial charge on any atom is 0.323 e. The molecule has 0 aliphatic carbocycles. The van der Waals surface area contributed by atoms with E-state index in [4.69, 9.17) is 10.2 Å². The summed E-state index contributed by atoms with van der Waals surface area (Å²) >= 11 is 0. The smallest absolute Gasteiger partial charge is 0.323 e. The molecular formula is C21H22N4O2. The number of hydrogen-bond acceptors (Lipinski definition) is 4. The van der Waals surface area contributed by atoms with E-state index in [2.05, 4.69) is 10.2 Å². The van der Waals surface area contributed by atoms with Gasteiger partial charge in [0, 0.05) is 17.1 Å². The molecule has 1 aromatic heterocycles. The zero-order valence-electron chi connectivity index (χ0n) is 15.0. The van der Waals surface area contributed by atoms with Crippen molar-refractivity contribution in [3.05, 3.63) is 59.9 Å². The molecule has 3 heterocycles. The summed E-state index contributed by atoms with van der Waals surface area (Å²) in [5.74, 6) is 0.764. The van der Waals surface area contributed by atoms with Crippen LogP contribution in [0.2, 0.25) is 0 Å². The predicted molar refractivity (Wildman–Crippen MR) is 106 cm³/mol. The quantitative estimate of drug-likeness (QED) is 0.697. The van der Waals surface area contributed by atoms with Crippen molar-refractivity contribution in [2.75, 3.05) is 30.4 Å². The van der Waals surface area contributed by atoms with Crippen molar-refractivity contribution in [2.45, 2.75) is 18.9 Å². The molecule has 0 spiro atoms. The van der Waals surface area contributed by atoms with Gasteiger partial charge in [-0.2, -0.15) is 0 Å². The minimum atomic E-state index is -0.308. The summed E-state index contributed by atoms with van der Waals surface area (Å²) in [6.07, 6.45) is 2.36. The molecule has 6 heteroatoms. The molecule has 0 radical (unpaired) electrons. The highest BCUT2D eigenvalue weighted by Crippen LogP contribution is 2.43. The van der Waals surface area contributed by atoms with E-state index in [9.17, 15) is 4.79 Å². The third-order valence-electron chi connectivity index (χ3n) is 5.43. The third-order valence-corrected chi connectivity index (χ3v) is 5.43. The molecule has 2 aliphatic rings. The summed E-state index contributed by atoms with van der Waals surface area (Å²) in [7, 11) is 0. The highest BCUT2D eigenvalue weighted by Gasteiger charge is 2.37. The molecular weight excluding hydrogens is 340 g/mol. The first-order valence-corrected chi connectivity index (χ1v) is 9.38. The van der Waals surface area contributed by atoms with E-state index < -0.39 is 0 Å². The molecule has 6 nitrogen and oxygen atoms in total. The lowest BCUT2D eigenvalue weighted by atomic mass is 10.0. The van der Waals surface area contributed by atoms with Crippen molar-refractivity contribution in [2.24, 2.45) is 0 Å². The van der Waals surface area contributed by atoms with E-state index in [0.717, 1.165) is 35.5 Å². The highest BCUT2D eigenvalue weighted by molar-refractivity contribution is 6.06. The van der Waals surface area contributed by atoms with Crippen molar-refractivity contribution in [1.29, 1.82) is 0 Å². The molecule has 138 valence electrons. The molecule has 5 rings (SSSR count). The van der Waals surface area contributed by atoms with Gasteiger partial charge in [-0.1, -0.05) is 30.3 Å². The molecule has 27 heavy (non-hydrogen) atoms. The number of fused-ring (bicyclic) bond motifs is 3. The van der Waals surface area contributed by atoms with Crippen molar-refractivity contribution in [3.63, 3.8) is 0 Å². The van der Waals surface area contributed by atoms with Crippen molar-refractivity contribution in [3.8, 4) is 0 Å². The fourth-order valence-electron chi connectivity index (χ4n) is 4.10. The number of furan rings is 1. The van der Waals surface area contributed by atoms with Crippen LogP contribution < -0.4 is 16.0 Å². The summed E-state index contributed by atoms with van der Waals surface area (Å²) in [6, 6.07) is 15.2. The second-order valence-corrected chi connectivity index (χ2v) is 7.26. The Morgan fingerprint density at radius 1 is 1.11 bits per heavy atom. The number of urea groups is 1. The molecule has 1 fully saturated rings. The zero-order valence-corrected chi connectivity index (χ0v) is 15.0. The van der Waals surface area contributed by atoms with Gasteiger partial charge in [0.15, 0.2) is 5.76 Å². The maximum absolute atomic E-state index is 13.1. The van der Waals surface area contributed by atoms with E-state index in [1.165, 1.54) is 12.8 Å². The van der Waals surface area contributed by atoms with Gasteiger partial charge >= 0.3 is 6.03 Å². The number of carbonyl (C=O) groups is 1. The number of nitrogens with two attached hydrogens (primary N) is 1. The Balaban J connectivity index is 1.66. The summed E-state index contributed by atoms with van der Waals surface area (Å²) in [5, 5.41) is 4.05. The number of benzene rings is 2. The van der Waals surface area contributed by atoms with Crippen molar-refractivity contribution in [1.82, 2.24) is 10.2 Å². The Morgan fingerprint density at radius 3 is 2.67 bits per heavy atom. The summed E-state index contributed by atoms with van der Waals surface area (Å²) in [6.45, 7) is 2.60. The van der Waals surface area contributed by atoms with Crippen LogP contribution in [0.4, 0.5) is 16.2 Å². The molecule has 1 unspecified atom stereocenters. The second-order valence-electron chi connectivity index (χ2n) is 7.26. The molecule has 0 bridgehead atoms. The number of anilines is 2. The van der Waals surface area contributed by atoms with Crippen LogP contribution in [-0.4, -0.2) is 30.7 Å². The fourth-order valence-corrected chi connectivity index (χ4v) is 4.10. The van der Waals surface area contributed by atoms with Crippen LogP contribution in [0, 0.1) is 0 Å². The van der Waals surface area contributed by atoms with Crippen LogP contribution in [0.25, 0.3) is 11.0 Å². The number of carbonyl (C=O) groups excluding carboxylic acids is 1. The van der Waals surface area contributed by atoms with Gasteiger partial charge in [0.25, 0.3) is 0 Å². The minimum Gasteiger partial charge on any atom is -0.456 e. The summed E-state index contributed by atoms with van der Waals surface area (Å²) in [4.78, 5) is 17.2. The largest absolute Gasteiger partial charge is 0.456 e. The minimum absolute atomic E-state index is 0.0946. The van der Waals surface area contributed by atoms with Gasteiger partial charge in [-0.3, -0.25) is 9.80 Å². The maximum atomic E-state index is 13.1. The average molecular weight is 362 g/mol. The number of hydrogen-bond donors (Lipinski definition) is 2. The van der Waals surface area contributed by atoms with Gasteiger partial charge in [0.1, 0.15) is 11.6 Å². The van der Waals surface area contributed by atoms with E-state index in [1.54, 1.807) is 0 Å². The van der Waals surface area contributed by atoms with Gasteiger partial charge in [0.2, 0.25) is 0 Å². The SMILES string of the molecule is Nc1ccc2c3c(oc2c1)C(c1ccccc1)NC(=O)N3CN1CCCC1. The lowest BCUT2D eigenvalue weighted by Gasteiger charge is -2.34. The third kappa shape index (κ3) is 2.73. The first-order valence-electron chi connectivity index (χ1n) is 9.38. The second kappa shape index (κ2) is 6.32. The van der Waals surface area contributed by atoms with E-state index >= 15 is 0 Å². The van der Waals surface area contributed by atoms with Crippen LogP contribution in [-0.2, 0) is 0 Å². The summed E-state index contributed by atoms with van der Waals surface area (Å²) < 4.78 is 6.23. The summed E-state index contributed by atoms with van der Waals surface area (Å²) in [5.41, 5.74) is 9.17. The van der Waals surface area contributed by atoms with E-state index in [0.29, 0.717) is 17.9 Å². The van der Waals surface area contributed by atoms with Gasteiger partial charge in [-0.05, 0) is 43.6 Å². The molecule has 2 aliphatic heterocycles. The first kappa shape index (κ1) is 16.2. The number of nitrogen functional groups attached to an aromatic ring is 1. The van der Waals surface area contributed by atoms with Gasteiger partial charge in [-0.25, -0.2) is 4.79 Å². The van der Waals surface area contributed by atoms with Crippen molar-refractivity contribution < 1.29 is 9.21 Å². The first-order chi connectivity index (χ1) is 13.2. The van der Waals surface area contributed by atoms with Crippen LogP contribution >= 0.6 is 0 Å². The molecule has 0 saturated carbocycles. The average Bonchev–Trinajstić information content (AvgIpc) is 3.31. The standard InChI is InChI=1S/C21H22N4O2/c22-15-8-9-16-17(12-15)27-20-18(14-6-2-1-3-7-14)23-21(26)25(19(16)20)13-24-10-4-5-11-24/h1-3,6-9,12,18H,4-5,10-11,13,22H2,(H,23,26). The molecule has 3 N–H and O–H groups in total. The number of nitrogens with zero attached hydrogens (tertiary/aromatic N) is 2. The predicted octanol–water partition coefficient (Wildman–Crippen LogP) is 3.69. The molecule has 1 saturated heterocycles. The number of nitrogens with one attached hydrogen (secondary N) is 1. The molecule has 2 aromatic carbocycles. The van der Waals surface area contributed by atoms with E-state index in [-0.39, 0.29) is 12.1 Å². The normalized spacial score (nSPS) is 20.1. The fraction of sp³-hybridized carbons (Fsp3) is 0.286. The number of rotatable bonds is 3. The molecule has 3 aromatic rings. The van der Waals surface area contributed by atoms with Crippen LogP contribution in [0.1, 0.15) is 30.2 Å². The molecule has 1 atom stereocenters. The Labute approximate surface area is 157 Å². The van der Waals surface area contributed by atoms with Gasteiger partial charge in [-0.15, -0.1) is 0 Å². The Bertz CT molecular complexity index is 992. The molecule has 2 amide bonds. The van der Waals surface area contributed by atoms with E-state index in [1.807, 2.05) is 53.4 Å². The van der Waals surface area contributed by atoms with Gasteiger partial charge in [0.05, 0.1) is 12.4 Å². The van der Waals surface area contributed by atoms with Crippen LogP contribution in [0.15, 0.2) is 52.9 Å². The topological polar surface area (TPSA) is 74.7 Å². The lowest BCUT2D eigenvalue weighted by molar-refractivity contribution is 0.233. The van der Waals surface area contributed by atoms with Crippen molar-refractivity contribution >= 4 is 28.4 Å². The lowest BCUT2D eigenvalue weighted by Crippen LogP contribution is -2.50. The number of likely N-dealkylation sites (tertiary alicyclic amines) is 1. The Morgan fingerprint density at radius 2 is 1.89 bits per heavy atom. The van der Waals surface area contributed by atoms with Crippen LogP contribution in [0.3, 0.4) is 0 Å². The van der Waals surface area contributed by atoms with Gasteiger partial charge < -0.3 is 15.5 Å². The Hall–Kier alpha value is -2.99.